The smallest absolute Gasteiger partial charge is 0.414 e. The lowest BCUT2D eigenvalue weighted by molar-refractivity contribution is 0.0574. The minimum absolute atomic E-state index is 0.0716. The summed E-state index contributed by atoms with van der Waals surface area (Å²) in [7, 11) is -1.96. The normalized spacial score (nSPS) is 17.3. The molecule has 2 rings (SSSR count). The zero-order chi connectivity index (χ0) is 24.3. The number of cyclic esters (lactones) is 1. The van der Waals surface area contributed by atoms with Gasteiger partial charge in [-0.3, -0.25) is 9.80 Å². The highest BCUT2D eigenvalue weighted by molar-refractivity contribution is 6.74. The second-order valence-corrected chi connectivity index (χ2v) is 15.4. The molecule has 180 valence electrons. The van der Waals surface area contributed by atoms with Crippen LogP contribution in [0.1, 0.15) is 41.5 Å². The predicted octanol–water partition coefficient (Wildman–Crippen LogP) is 4.77. The van der Waals surface area contributed by atoms with E-state index in [0.29, 0.717) is 24.5 Å². The Bertz CT molecular complexity index is 798. The van der Waals surface area contributed by atoms with E-state index in [1.165, 1.54) is 4.90 Å². The summed E-state index contributed by atoms with van der Waals surface area (Å²) in [6, 6.07) is 7.04. The monoisotopic (exact) mass is 466 g/mol. The van der Waals surface area contributed by atoms with Crippen LogP contribution in [0.2, 0.25) is 18.1 Å². The van der Waals surface area contributed by atoms with Crippen LogP contribution >= 0.6 is 0 Å². The number of hydrogen-bond donors (Lipinski definition) is 1. The van der Waals surface area contributed by atoms with Crippen molar-refractivity contribution in [1.29, 1.82) is 0 Å². The molecule has 1 atom stereocenters. The van der Waals surface area contributed by atoms with Gasteiger partial charge in [-0.05, 0) is 63.2 Å². The molecule has 1 aromatic carbocycles. The van der Waals surface area contributed by atoms with Crippen molar-refractivity contribution in [3.8, 4) is 0 Å². The molecular weight excluding hydrogens is 428 g/mol. The molecule has 0 radical (unpaired) electrons. The molecule has 2 amide bonds. The zero-order valence-electron chi connectivity index (χ0n) is 20.6. The summed E-state index contributed by atoms with van der Waals surface area (Å²) in [6.45, 7) is 17.2. The number of hydrogen-bond acceptors (Lipinski definition) is 6. The number of aliphatic hydroxyl groups excluding tert-OH is 1. The van der Waals surface area contributed by atoms with Crippen LogP contribution in [0.3, 0.4) is 0 Å². The summed E-state index contributed by atoms with van der Waals surface area (Å²) in [4.78, 5) is 28.0. The Labute approximate surface area is 192 Å². The quantitative estimate of drug-likeness (QED) is 0.583. The summed E-state index contributed by atoms with van der Waals surface area (Å²) in [5.41, 5.74) is 0.651. The van der Waals surface area contributed by atoms with Gasteiger partial charge >= 0.3 is 12.2 Å². The summed E-state index contributed by atoms with van der Waals surface area (Å²) < 4.78 is 17.0. The largest absolute Gasteiger partial charge is 0.443 e. The minimum Gasteiger partial charge on any atom is -0.443 e. The van der Waals surface area contributed by atoms with Crippen LogP contribution in [0, 0.1) is 0 Å². The summed E-state index contributed by atoms with van der Waals surface area (Å²) in [6.07, 6.45) is -1.48. The molecule has 32 heavy (non-hydrogen) atoms. The van der Waals surface area contributed by atoms with Crippen LogP contribution in [0.5, 0.6) is 0 Å². The molecular formula is C23H38N2O6Si. The maximum absolute atomic E-state index is 12.9. The maximum atomic E-state index is 12.9. The highest BCUT2D eigenvalue weighted by Crippen LogP contribution is 2.36. The van der Waals surface area contributed by atoms with Gasteiger partial charge in [-0.15, -0.1) is 0 Å². The van der Waals surface area contributed by atoms with Gasteiger partial charge in [0.15, 0.2) is 8.32 Å². The highest BCUT2D eigenvalue weighted by Gasteiger charge is 2.37. The van der Waals surface area contributed by atoms with E-state index >= 15 is 0 Å². The SMILES string of the molecule is CC(C)(C)OC(=O)N(CCO[Si](C)(C)C(C)(C)C)c1ccc(N2C[C@H](CO)OC2=O)cc1. The third-order valence-electron chi connectivity index (χ3n) is 5.75. The molecule has 8 nitrogen and oxygen atoms in total. The lowest BCUT2D eigenvalue weighted by Crippen LogP contribution is -2.44. The molecule has 1 N–H and O–H groups in total. The van der Waals surface area contributed by atoms with Crippen molar-refractivity contribution in [2.45, 2.75) is 71.4 Å². The van der Waals surface area contributed by atoms with Crippen molar-refractivity contribution in [3.05, 3.63) is 24.3 Å². The number of carbonyl (C=O) groups is 2. The average Bonchev–Trinajstić information content (AvgIpc) is 3.04. The van der Waals surface area contributed by atoms with Gasteiger partial charge in [-0.25, -0.2) is 9.59 Å². The third-order valence-corrected chi connectivity index (χ3v) is 10.3. The Hall–Kier alpha value is -2.10. The number of benzene rings is 1. The first kappa shape index (κ1) is 26.2. The lowest BCUT2D eigenvalue weighted by atomic mass is 10.2. The summed E-state index contributed by atoms with van der Waals surface area (Å²) in [5.74, 6) is 0. The van der Waals surface area contributed by atoms with Crippen LogP contribution in [-0.4, -0.2) is 63.6 Å². The lowest BCUT2D eigenvalue weighted by Gasteiger charge is -2.37. The number of carbonyl (C=O) groups excluding carboxylic acids is 2. The van der Waals surface area contributed by atoms with Gasteiger partial charge in [0.25, 0.3) is 0 Å². The molecule has 0 unspecified atom stereocenters. The number of amides is 2. The van der Waals surface area contributed by atoms with Crippen molar-refractivity contribution in [2.75, 3.05) is 36.1 Å². The fourth-order valence-corrected chi connectivity index (χ4v) is 3.93. The van der Waals surface area contributed by atoms with Crippen LogP contribution in [0.15, 0.2) is 24.3 Å². The predicted molar refractivity (Wildman–Crippen MR) is 128 cm³/mol. The number of ether oxygens (including phenoxy) is 2. The van der Waals surface area contributed by atoms with E-state index in [4.69, 9.17) is 13.9 Å². The molecule has 0 spiro atoms. The Kier molecular flexibility index (Phi) is 8.01. The second-order valence-electron chi connectivity index (χ2n) is 10.6. The Morgan fingerprint density at radius 1 is 1.19 bits per heavy atom. The molecule has 1 fully saturated rings. The van der Waals surface area contributed by atoms with E-state index < -0.39 is 32.2 Å². The fourth-order valence-electron chi connectivity index (χ4n) is 2.89. The van der Waals surface area contributed by atoms with Crippen molar-refractivity contribution in [2.24, 2.45) is 0 Å². The molecule has 1 heterocycles. The maximum Gasteiger partial charge on any atom is 0.414 e. The molecule has 0 aromatic heterocycles. The number of aliphatic hydroxyl groups is 1. The molecule has 9 heteroatoms. The van der Waals surface area contributed by atoms with E-state index in [0.717, 1.165) is 0 Å². The van der Waals surface area contributed by atoms with Gasteiger partial charge in [-0.2, -0.15) is 0 Å². The highest BCUT2D eigenvalue weighted by atomic mass is 28.4. The molecule has 1 aliphatic heterocycles. The van der Waals surface area contributed by atoms with Crippen molar-refractivity contribution in [3.63, 3.8) is 0 Å². The first-order valence-electron chi connectivity index (χ1n) is 11.0. The first-order chi connectivity index (χ1) is 14.6. The van der Waals surface area contributed by atoms with Gasteiger partial charge < -0.3 is 19.0 Å². The van der Waals surface area contributed by atoms with Gasteiger partial charge in [-0.1, -0.05) is 20.8 Å². The average molecular weight is 467 g/mol. The van der Waals surface area contributed by atoms with E-state index in [9.17, 15) is 14.7 Å². The van der Waals surface area contributed by atoms with Gasteiger partial charge in [0.05, 0.1) is 26.3 Å². The molecule has 0 bridgehead atoms. The van der Waals surface area contributed by atoms with Crippen LogP contribution in [-0.2, 0) is 13.9 Å². The van der Waals surface area contributed by atoms with Crippen molar-refractivity contribution >= 4 is 31.9 Å². The Balaban J connectivity index is 2.18. The number of anilines is 2. The second kappa shape index (κ2) is 9.80. The molecule has 1 aromatic rings. The zero-order valence-corrected chi connectivity index (χ0v) is 21.6. The Morgan fingerprint density at radius 2 is 1.78 bits per heavy atom. The standard InChI is InChI=1S/C23H38N2O6Si/c1-22(2,3)31-21(28)24(13-14-29-32(7,8)23(4,5)6)17-9-11-18(12-10-17)25-15-19(16-26)30-20(25)27/h9-12,19,26H,13-16H2,1-8H3/t19-/m1/s1. The van der Waals surface area contributed by atoms with Crippen molar-refractivity contribution in [1.82, 2.24) is 0 Å². The topological polar surface area (TPSA) is 88.5 Å². The fraction of sp³-hybridized carbons (Fsp3) is 0.652. The molecule has 1 aliphatic rings. The number of rotatable bonds is 7. The van der Waals surface area contributed by atoms with Crippen LogP contribution in [0.25, 0.3) is 0 Å². The van der Waals surface area contributed by atoms with Crippen molar-refractivity contribution < 1.29 is 28.6 Å². The molecule has 0 aliphatic carbocycles. The van der Waals surface area contributed by atoms with E-state index in [2.05, 4.69) is 33.9 Å². The summed E-state index contributed by atoms with van der Waals surface area (Å²) in [5, 5.41) is 9.31. The first-order valence-corrected chi connectivity index (χ1v) is 13.9. The number of nitrogens with zero attached hydrogens (tertiary/aromatic N) is 2. The third kappa shape index (κ3) is 6.70. The van der Waals surface area contributed by atoms with E-state index in [1.54, 1.807) is 29.2 Å². The van der Waals surface area contributed by atoms with Gasteiger partial charge in [0, 0.05) is 11.4 Å². The van der Waals surface area contributed by atoms with E-state index in [1.807, 2.05) is 20.8 Å². The van der Waals surface area contributed by atoms with Gasteiger partial charge in [0.1, 0.15) is 11.7 Å². The summed E-state index contributed by atoms with van der Waals surface area (Å²) >= 11 is 0. The van der Waals surface area contributed by atoms with Gasteiger partial charge in [0.2, 0.25) is 0 Å². The molecule has 1 saturated heterocycles. The Morgan fingerprint density at radius 3 is 2.25 bits per heavy atom. The minimum atomic E-state index is -1.96. The molecule has 0 saturated carbocycles. The van der Waals surface area contributed by atoms with Crippen LogP contribution in [0.4, 0.5) is 21.0 Å². The van der Waals surface area contributed by atoms with Crippen LogP contribution < -0.4 is 9.80 Å². The van der Waals surface area contributed by atoms with E-state index in [-0.39, 0.29) is 18.2 Å².